The van der Waals surface area contributed by atoms with Crippen molar-refractivity contribution in [3.05, 3.63) is 65.8 Å². The molecular formula is C18H18ClN3O2S. The molecule has 0 saturated heterocycles. The molecule has 3 rings (SSSR count). The standard InChI is InChI=1S/C18H18ClN3O2S/c1-13(2)22-12-17(18(20-22)14-7-4-3-5-8-14)25(23,24)21-16-10-6-9-15(19)11-16/h3-13,21H,1-2H3. The zero-order chi connectivity index (χ0) is 18.0. The summed E-state index contributed by atoms with van der Waals surface area (Å²) < 4.78 is 30.1. The third kappa shape index (κ3) is 3.86. The number of anilines is 1. The van der Waals surface area contributed by atoms with Gasteiger partial charge in [0.15, 0.2) is 0 Å². The fourth-order valence-electron chi connectivity index (χ4n) is 2.39. The second-order valence-corrected chi connectivity index (χ2v) is 7.98. The highest BCUT2D eigenvalue weighted by atomic mass is 35.5. The zero-order valence-electron chi connectivity index (χ0n) is 13.8. The highest BCUT2D eigenvalue weighted by Gasteiger charge is 2.24. The number of nitrogens with one attached hydrogen (secondary N) is 1. The van der Waals surface area contributed by atoms with Crippen molar-refractivity contribution in [2.24, 2.45) is 0 Å². The van der Waals surface area contributed by atoms with Gasteiger partial charge in [-0.15, -0.1) is 0 Å². The summed E-state index contributed by atoms with van der Waals surface area (Å²) in [6.45, 7) is 3.89. The molecular weight excluding hydrogens is 358 g/mol. The Balaban J connectivity index is 2.08. The summed E-state index contributed by atoms with van der Waals surface area (Å²) in [5.74, 6) is 0. The van der Waals surface area contributed by atoms with Crippen LogP contribution in [0.2, 0.25) is 5.02 Å². The molecule has 0 atom stereocenters. The molecule has 0 spiro atoms. The number of aromatic nitrogens is 2. The van der Waals surface area contributed by atoms with Crippen molar-refractivity contribution in [2.75, 3.05) is 4.72 Å². The average Bonchev–Trinajstić information content (AvgIpc) is 3.02. The van der Waals surface area contributed by atoms with Crippen LogP contribution in [0.25, 0.3) is 11.3 Å². The molecule has 0 amide bonds. The molecule has 7 heteroatoms. The molecule has 1 N–H and O–H groups in total. The van der Waals surface area contributed by atoms with Crippen LogP contribution in [-0.4, -0.2) is 18.2 Å². The predicted molar refractivity (Wildman–Crippen MR) is 100 cm³/mol. The van der Waals surface area contributed by atoms with Crippen molar-refractivity contribution in [2.45, 2.75) is 24.8 Å². The highest BCUT2D eigenvalue weighted by Crippen LogP contribution is 2.29. The molecule has 0 unspecified atom stereocenters. The van der Waals surface area contributed by atoms with E-state index in [0.717, 1.165) is 5.56 Å². The fraction of sp³-hybridized carbons (Fsp3) is 0.167. The molecule has 2 aromatic carbocycles. The first-order valence-corrected chi connectivity index (χ1v) is 9.66. The molecule has 5 nitrogen and oxygen atoms in total. The zero-order valence-corrected chi connectivity index (χ0v) is 15.4. The van der Waals surface area contributed by atoms with Gasteiger partial charge in [0.1, 0.15) is 10.6 Å². The van der Waals surface area contributed by atoms with Gasteiger partial charge >= 0.3 is 0 Å². The van der Waals surface area contributed by atoms with Crippen molar-refractivity contribution in [3.63, 3.8) is 0 Å². The fourth-order valence-corrected chi connectivity index (χ4v) is 3.79. The Labute approximate surface area is 152 Å². The normalized spacial score (nSPS) is 11.7. The lowest BCUT2D eigenvalue weighted by Gasteiger charge is -2.08. The first-order chi connectivity index (χ1) is 11.9. The summed E-state index contributed by atoms with van der Waals surface area (Å²) in [5.41, 5.74) is 1.57. The maximum Gasteiger partial charge on any atom is 0.265 e. The largest absolute Gasteiger partial charge is 0.279 e. The number of rotatable bonds is 5. The maximum absolute atomic E-state index is 12.9. The van der Waals surface area contributed by atoms with Crippen LogP contribution in [0.15, 0.2) is 65.7 Å². The van der Waals surface area contributed by atoms with E-state index in [0.29, 0.717) is 16.4 Å². The summed E-state index contributed by atoms with van der Waals surface area (Å²) in [6, 6.07) is 15.9. The van der Waals surface area contributed by atoms with E-state index >= 15 is 0 Å². The topological polar surface area (TPSA) is 64.0 Å². The minimum Gasteiger partial charge on any atom is -0.279 e. The third-order valence-corrected chi connectivity index (χ3v) is 5.26. The van der Waals surface area contributed by atoms with Gasteiger partial charge in [0.05, 0.1) is 5.69 Å². The lowest BCUT2D eigenvalue weighted by Crippen LogP contribution is -2.13. The smallest absolute Gasteiger partial charge is 0.265 e. The number of benzene rings is 2. The SMILES string of the molecule is CC(C)n1cc(S(=O)(=O)Nc2cccc(Cl)c2)c(-c2ccccc2)n1. The van der Waals surface area contributed by atoms with Gasteiger partial charge in [-0.25, -0.2) is 8.42 Å². The Kier molecular flexibility index (Phi) is 4.83. The molecule has 130 valence electrons. The minimum absolute atomic E-state index is 0.0394. The molecule has 0 aliphatic rings. The molecule has 0 fully saturated rings. The number of halogens is 1. The maximum atomic E-state index is 12.9. The first-order valence-electron chi connectivity index (χ1n) is 7.80. The Morgan fingerprint density at radius 3 is 2.44 bits per heavy atom. The van der Waals surface area contributed by atoms with E-state index in [1.807, 2.05) is 44.2 Å². The van der Waals surface area contributed by atoms with Gasteiger partial charge in [-0.1, -0.05) is 48.0 Å². The van der Waals surface area contributed by atoms with E-state index in [-0.39, 0.29) is 10.9 Å². The quantitative estimate of drug-likeness (QED) is 0.709. The second kappa shape index (κ2) is 6.90. The lowest BCUT2D eigenvalue weighted by atomic mass is 10.2. The Hall–Kier alpha value is -2.31. The molecule has 0 aliphatic heterocycles. The van der Waals surface area contributed by atoms with Crippen LogP contribution in [-0.2, 0) is 10.0 Å². The van der Waals surface area contributed by atoms with Crippen LogP contribution in [0.1, 0.15) is 19.9 Å². The van der Waals surface area contributed by atoms with Crippen LogP contribution in [0, 0.1) is 0 Å². The van der Waals surface area contributed by atoms with Gasteiger partial charge in [-0.2, -0.15) is 5.10 Å². The average molecular weight is 376 g/mol. The van der Waals surface area contributed by atoms with Gasteiger partial charge in [-0.3, -0.25) is 9.40 Å². The summed E-state index contributed by atoms with van der Waals surface area (Å²) in [4.78, 5) is 0.132. The molecule has 0 bridgehead atoms. The molecule has 1 aromatic heterocycles. The number of sulfonamides is 1. The molecule has 0 saturated carbocycles. The lowest BCUT2D eigenvalue weighted by molar-refractivity contribution is 0.532. The Morgan fingerprint density at radius 1 is 1.08 bits per heavy atom. The van der Waals surface area contributed by atoms with E-state index in [1.54, 1.807) is 35.1 Å². The van der Waals surface area contributed by atoms with Gasteiger partial charge in [-0.05, 0) is 32.0 Å². The Bertz CT molecular complexity index is 983. The Morgan fingerprint density at radius 2 is 1.80 bits per heavy atom. The van der Waals surface area contributed by atoms with Crippen LogP contribution >= 0.6 is 11.6 Å². The summed E-state index contributed by atoms with van der Waals surface area (Å²) >= 11 is 5.94. The van der Waals surface area contributed by atoms with Crippen molar-refractivity contribution in [1.29, 1.82) is 0 Å². The van der Waals surface area contributed by atoms with Gasteiger partial charge in [0, 0.05) is 22.8 Å². The minimum atomic E-state index is -3.81. The third-order valence-electron chi connectivity index (χ3n) is 3.64. The molecule has 3 aromatic rings. The van der Waals surface area contributed by atoms with Crippen molar-refractivity contribution in [3.8, 4) is 11.3 Å². The van der Waals surface area contributed by atoms with Gasteiger partial charge < -0.3 is 0 Å². The second-order valence-electron chi connectivity index (χ2n) is 5.90. The number of hydrogen-bond donors (Lipinski definition) is 1. The summed E-state index contributed by atoms with van der Waals surface area (Å²) in [6.07, 6.45) is 1.56. The molecule has 1 heterocycles. The van der Waals surface area contributed by atoms with Gasteiger partial charge in [0.2, 0.25) is 0 Å². The van der Waals surface area contributed by atoms with Crippen molar-refractivity contribution in [1.82, 2.24) is 9.78 Å². The van der Waals surface area contributed by atoms with Crippen molar-refractivity contribution >= 4 is 27.3 Å². The van der Waals surface area contributed by atoms with E-state index in [4.69, 9.17) is 11.6 Å². The number of hydrogen-bond acceptors (Lipinski definition) is 3. The van der Waals surface area contributed by atoms with Crippen LogP contribution in [0.4, 0.5) is 5.69 Å². The molecule has 25 heavy (non-hydrogen) atoms. The summed E-state index contributed by atoms with van der Waals surface area (Å²) in [5, 5.41) is 4.94. The summed E-state index contributed by atoms with van der Waals surface area (Å²) in [7, 11) is -3.81. The van der Waals surface area contributed by atoms with E-state index < -0.39 is 10.0 Å². The van der Waals surface area contributed by atoms with E-state index in [2.05, 4.69) is 9.82 Å². The molecule has 0 aliphatic carbocycles. The first kappa shape index (κ1) is 17.5. The van der Waals surface area contributed by atoms with E-state index in [1.165, 1.54) is 0 Å². The van der Waals surface area contributed by atoms with Crippen LogP contribution in [0.5, 0.6) is 0 Å². The monoisotopic (exact) mass is 375 g/mol. The van der Waals surface area contributed by atoms with Crippen molar-refractivity contribution < 1.29 is 8.42 Å². The van der Waals surface area contributed by atoms with Crippen LogP contribution < -0.4 is 4.72 Å². The predicted octanol–water partition coefficient (Wildman–Crippen LogP) is 4.59. The van der Waals surface area contributed by atoms with Crippen LogP contribution in [0.3, 0.4) is 0 Å². The number of nitrogens with zero attached hydrogens (tertiary/aromatic N) is 2. The van der Waals surface area contributed by atoms with Gasteiger partial charge in [0.25, 0.3) is 10.0 Å². The van der Waals surface area contributed by atoms with E-state index in [9.17, 15) is 8.42 Å². The molecule has 0 radical (unpaired) electrons. The highest BCUT2D eigenvalue weighted by molar-refractivity contribution is 7.92.